The molecule has 1 unspecified atom stereocenters. The van der Waals surface area contributed by atoms with E-state index < -0.39 is 7.14 Å². The summed E-state index contributed by atoms with van der Waals surface area (Å²) in [6.07, 6.45) is 8.34. The summed E-state index contributed by atoms with van der Waals surface area (Å²) in [5.74, 6) is 1.17. The zero-order chi connectivity index (χ0) is 30.8. The molecule has 15 heteroatoms. The molecule has 44 heavy (non-hydrogen) atoms. The summed E-state index contributed by atoms with van der Waals surface area (Å²) in [4.78, 5) is 23.0. The zero-order valence-corrected chi connectivity index (χ0v) is 27.2. The predicted octanol–water partition coefficient (Wildman–Crippen LogP) is 4.77. The third-order valence-electron chi connectivity index (χ3n) is 6.94. The van der Waals surface area contributed by atoms with E-state index in [0.29, 0.717) is 69.6 Å². The minimum absolute atomic E-state index is 0.249. The van der Waals surface area contributed by atoms with Crippen LogP contribution in [0.2, 0.25) is 0 Å². The van der Waals surface area contributed by atoms with Crippen LogP contribution in [0, 0.1) is 0 Å². The molecule has 0 amide bonds. The Balaban J connectivity index is 1.39. The maximum Gasteiger partial charge on any atom is 0.238 e. The van der Waals surface area contributed by atoms with Gasteiger partial charge in [0.2, 0.25) is 11.8 Å². The molecule has 0 saturated carbocycles. The van der Waals surface area contributed by atoms with E-state index in [1.54, 1.807) is 42.8 Å². The Kier molecular flexibility index (Phi) is 8.59. The largest absolute Gasteiger partial charge is 0.476 e. The molecule has 1 saturated heterocycles. The molecule has 0 aliphatic carbocycles. The zero-order valence-electron chi connectivity index (χ0n) is 24.7. The van der Waals surface area contributed by atoms with Crippen molar-refractivity contribution in [2.24, 2.45) is 7.05 Å². The van der Waals surface area contributed by atoms with Gasteiger partial charge in [0.05, 0.1) is 46.1 Å². The molecule has 1 atom stereocenters. The van der Waals surface area contributed by atoms with Crippen molar-refractivity contribution < 1.29 is 14.0 Å². The Morgan fingerprint density at radius 3 is 2.70 bits per heavy atom. The Morgan fingerprint density at radius 2 is 1.98 bits per heavy atom. The van der Waals surface area contributed by atoms with Crippen LogP contribution >= 0.6 is 23.1 Å². The number of fused-ring (bicyclic) bond motifs is 1. The Bertz CT molecular complexity index is 1870. The first-order valence-corrected chi connectivity index (χ1v) is 17.5. The van der Waals surface area contributed by atoms with Crippen LogP contribution in [-0.2, 0) is 16.3 Å². The SMILES string of the molecule is CCOc1nc(C2CNCCO2)c(-c2cnn(C)c2)cc1Nc1ncc(Br)c(Nc2ccc3nccnc3c2P(C)(C)=O)n1. The lowest BCUT2D eigenvalue weighted by atomic mass is 10.0. The number of ether oxygens (including phenoxy) is 2. The molecule has 4 aromatic heterocycles. The van der Waals surface area contributed by atoms with Crippen LogP contribution in [0.5, 0.6) is 5.88 Å². The van der Waals surface area contributed by atoms with Gasteiger partial charge in [0.15, 0.2) is 0 Å². The summed E-state index contributed by atoms with van der Waals surface area (Å²) in [5, 5.41) is 15.0. The Hall–Kier alpha value is -3.97. The number of pyridine rings is 1. The van der Waals surface area contributed by atoms with Crippen molar-refractivity contribution in [1.82, 2.24) is 40.0 Å². The molecule has 0 radical (unpaired) electrons. The van der Waals surface area contributed by atoms with Gasteiger partial charge in [0, 0.05) is 56.1 Å². The van der Waals surface area contributed by atoms with Gasteiger partial charge in [-0.3, -0.25) is 14.6 Å². The van der Waals surface area contributed by atoms with Crippen LogP contribution in [0.3, 0.4) is 0 Å². The van der Waals surface area contributed by atoms with Gasteiger partial charge in [-0.1, -0.05) is 0 Å². The van der Waals surface area contributed by atoms with Gasteiger partial charge in [-0.05, 0) is 54.4 Å². The lowest BCUT2D eigenvalue weighted by molar-refractivity contribution is 0.0251. The van der Waals surface area contributed by atoms with Gasteiger partial charge in [-0.15, -0.1) is 0 Å². The molecule has 1 aliphatic heterocycles. The summed E-state index contributed by atoms with van der Waals surface area (Å²) >= 11 is 3.56. The van der Waals surface area contributed by atoms with E-state index in [0.717, 1.165) is 23.4 Å². The lowest BCUT2D eigenvalue weighted by Crippen LogP contribution is -2.34. The van der Waals surface area contributed by atoms with E-state index in [1.165, 1.54) is 0 Å². The van der Waals surface area contributed by atoms with Crippen molar-refractivity contribution in [2.45, 2.75) is 13.0 Å². The van der Waals surface area contributed by atoms with Crippen molar-refractivity contribution in [3.8, 4) is 17.0 Å². The normalized spacial score (nSPS) is 15.3. The second-order valence-electron chi connectivity index (χ2n) is 10.5. The van der Waals surface area contributed by atoms with E-state index in [9.17, 15) is 4.57 Å². The van der Waals surface area contributed by atoms with E-state index in [-0.39, 0.29) is 6.10 Å². The average Bonchev–Trinajstić information content (AvgIpc) is 3.45. The number of rotatable bonds is 9. The van der Waals surface area contributed by atoms with Crippen molar-refractivity contribution in [1.29, 1.82) is 0 Å². The highest BCUT2D eigenvalue weighted by Gasteiger charge is 2.26. The second-order valence-corrected chi connectivity index (χ2v) is 14.6. The fraction of sp³-hybridized carbons (Fsp3) is 0.310. The van der Waals surface area contributed by atoms with Crippen molar-refractivity contribution in [3.63, 3.8) is 0 Å². The number of hydrogen-bond donors (Lipinski definition) is 3. The third-order valence-corrected chi connectivity index (χ3v) is 9.05. The Labute approximate surface area is 262 Å². The highest BCUT2D eigenvalue weighted by molar-refractivity contribution is 9.10. The Morgan fingerprint density at radius 1 is 1.14 bits per heavy atom. The van der Waals surface area contributed by atoms with Crippen molar-refractivity contribution >= 4 is 62.6 Å². The summed E-state index contributed by atoms with van der Waals surface area (Å²) in [6, 6.07) is 5.64. The van der Waals surface area contributed by atoms with Gasteiger partial charge in [0.25, 0.3) is 0 Å². The summed E-state index contributed by atoms with van der Waals surface area (Å²) < 4.78 is 27.8. The molecule has 1 aliphatic rings. The molecule has 1 aromatic carbocycles. The molecule has 1 fully saturated rings. The molecular formula is C29H32BrN10O3P. The molecular weight excluding hydrogens is 647 g/mol. The minimum atomic E-state index is -2.77. The molecule has 5 heterocycles. The number of anilines is 4. The second kappa shape index (κ2) is 12.6. The van der Waals surface area contributed by atoms with Crippen LogP contribution in [0.25, 0.3) is 22.2 Å². The van der Waals surface area contributed by atoms with Gasteiger partial charge in [0.1, 0.15) is 30.3 Å². The van der Waals surface area contributed by atoms with E-state index in [4.69, 9.17) is 19.4 Å². The maximum absolute atomic E-state index is 13.4. The number of nitrogens with one attached hydrogen (secondary N) is 3. The van der Waals surface area contributed by atoms with E-state index >= 15 is 0 Å². The smallest absolute Gasteiger partial charge is 0.238 e. The van der Waals surface area contributed by atoms with Gasteiger partial charge in [-0.2, -0.15) is 10.1 Å². The van der Waals surface area contributed by atoms with Crippen LogP contribution < -0.4 is 26.0 Å². The van der Waals surface area contributed by atoms with Crippen LogP contribution in [0.15, 0.2) is 53.7 Å². The van der Waals surface area contributed by atoms with Crippen LogP contribution in [0.4, 0.5) is 23.1 Å². The number of morpholine rings is 1. The van der Waals surface area contributed by atoms with Crippen molar-refractivity contribution in [3.05, 3.63) is 59.3 Å². The monoisotopic (exact) mass is 678 g/mol. The molecule has 0 spiro atoms. The first-order chi connectivity index (χ1) is 21.2. The predicted molar refractivity (Wildman–Crippen MR) is 174 cm³/mol. The lowest BCUT2D eigenvalue weighted by Gasteiger charge is -2.26. The van der Waals surface area contributed by atoms with Crippen LogP contribution in [-0.4, -0.2) is 74.3 Å². The molecule has 6 rings (SSSR count). The number of aryl methyl sites for hydroxylation is 1. The van der Waals surface area contributed by atoms with Gasteiger partial charge in [-0.25, -0.2) is 9.97 Å². The number of aromatic nitrogens is 7. The molecule has 13 nitrogen and oxygen atoms in total. The fourth-order valence-corrected chi connectivity index (χ4v) is 6.74. The first-order valence-electron chi connectivity index (χ1n) is 14.1. The minimum Gasteiger partial charge on any atom is -0.476 e. The van der Waals surface area contributed by atoms with Crippen LogP contribution in [0.1, 0.15) is 18.7 Å². The van der Waals surface area contributed by atoms with Gasteiger partial charge >= 0.3 is 0 Å². The molecule has 5 aromatic rings. The van der Waals surface area contributed by atoms with Gasteiger partial charge < -0.3 is 30.0 Å². The average molecular weight is 680 g/mol. The highest BCUT2D eigenvalue weighted by atomic mass is 79.9. The molecule has 0 bridgehead atoms. The standard InChI is InChI=1S/C29H32BrN10O3P/c1-5-42-28-22(12-18(17-13-35-40(2)16-17)24(38-28)23-15-31-10-11-43-23)37-29-34-14-19(30)27(39-29)36-21-7-6-20-25(33-9-8-32-20)26(21)44(3,4)41/h6-9,12-14,16,23,31H,5,10-11,15H2,1-4H3,(H2,34,36,37,39). The first kappa shape index (κ1) is 30.1. The number of benzene rings is 1. The number of halogens is 1. The molecule has 228 valence electrons. The number of hydrogen-bond acceptors (Lipinski definition) is 12. The summed E-state index contributed by atoms with van der Waals surface area (Å²) in [5.41, 5.74) is 4.97. The summed E-state index contributed by atoms with van der Waals surface area (Å²) in [7, 11) is -0.898. The third kappa shape index (κ3) is 6.29. The highest BCUT2D eigenvalue weighted by Crippen LogP contribution is 2.42. The molecule has 3 N–H and O–H groups in total. The maximum atomic E-state index is 13.4. The number of nitrogens with zero attached hydrogens (tertiary/aromatic N) is 7. The van der Waals surface area contributed by atoms with E-state index in [1.807, 2.05) is 38.4 Å². The summed E-state index contributed by atoms with van der Waals surface area (Å²) in [6.45, 7) is 7.75. The quantitative estimate of drug-likeness (QED) is 0.184. The topological polar surface area (TPSA) is 154 Å². The van der Waals surface area contributed by atoms with Crippen molar-refractivity contribution in [2.75, 3.05) is 50.3 Å². The van der Waals surface area contributed by atoms with E-state index in [2.05, 4.69) is 51.9 Å². The fourth-order valence-electron chi connectivity index (χ4n) is 5.06.